The topological polar surface area (TPSA) is 86.8 Å². The third-order valence-electron chi connectivity index (χ3n) is 5.96. The molecule has 1 atom stereocenters. The summed E-state index contributed by atoms with van der Waals surface area (Å²) < 4.78 is 28.7. The summed E-state index contributed by atoms with van der Waals surface area (Å²) in [4.78, 5) is 28.5. The first-order chi connectivity index (χ1) is 17.8. The molecule has 202 valence electrons. The van der Waals surface area contributed by atoms with Gasteiger partial charge in [-0.2, -0.15) is 0 Å². The molecule has 1 unspecified atom stereocenters. The number of carbonyl (C=O) groups excluding carboxylic acids is 2. The van der Waals surface area contributed by atoms with Gasteiger partial charge in [-0.25, -0.2) is 8.42 Å². The van der Waals surface area contributed by atoms with Gasteiger partial charge in [0.05, 0.1) is 10.6 Å². The van der Waals surface area contributed by atoms with Gasteiger partial charge in [-0.05, 0) is 70.0 Å². The van der Waals surface area contributed by atoms with Crippen molar-refractivity contribution in [2.75, 3.05) is 10.8 Å². The highest BCUT2D eigenvalue weighted by Crippen LogP contribution is 2.27. The number of sulfonamides is 1. The lowest BCUT2D eigenvalue weighted by Crippen LogP contribution is -2.54. The van der Waals surface area contributed by atoms with Gasteiger partial charge in [-0.1, -0.05) is 66.2 Å². The van der Waals surface area contributed by atoms with Gasteiger partial charge in [0.25, 0.3) is 10.0 Å². The monoisotopic (exact) mass is 555 g/mol. The summed E-state index contributed by atoms with van der Waals surface area (Å²) in [6.07, 6.45) is 0. The molecule has 0 saturated carbocycles. The summed E-state index contributed by atoms with van der Waals surface area (Å²) >= 11 is 6.39. The summed E-state index contributed by atoms with van der Waals surface area (Å²) in [6, 6.07) is 21.1. The van der Waals surface area contributed by atoms with Crippen LogP contribution in [0.25, 0.3) is 0 Å². The van der Waals surface area contributed by atoms with Crippen molar-refractivity contribution in [3.63, 3.8) is 0 Å². The molecule has 0 fully saturated rings. The number of hydrogen-bond donors (Lipinski definition) is 1. The predicted octanol–water partition coefficient (Wildman–Crippen LogP) is 5.18. The van der Waals surface area contributed by atoms with Crippen LogP contribution in [0.3, 0.4) is 0 Å². The van der Waals surface area contributed by atoms with Crippen molar-refractivity contribution in [2.45, 2.75) is 57.6 Å². The minimum Gasteiger partial charge on any atom is -0.350 e. The second kappa shape index (κ2) is 12.0. The summed E-state index contributed by atoms with van der Waals surface area (Å²) in [6.45, 7) is 8.50. The van der Waals surface area contributed by atoms with E-state index in [1.54, 1.807) is 80.6 Å². The molecule has 0 aliphatic rings. The minimum atomic E-state index is -4.10. The van der Waals surface area contributed by atoms with Gasteiger partial charge in [-0.15, -0.1) is 0 Å². The van der Waals surface area contributed by atoms with Gasteiger partial charge in [0.1, 0.15) is 12.6 Å². The molecule has 3 rings (SSSR count). The highest BCUT2D eigenvalue weighted by molar-refractivity contribution is 7.92. The van der Waals surface area contributed by atoms with Crippen molar-refractivity contribution >= 4 is 39.1 Å². The average Bonchev–Trinajstić information content (AvgIpc) is 2.86. The van der Waals surface area contributed by atoms with Crippen molar-refractivity contribution in [1.82, 2.24) is 10.2 Å². The molecule has 38 heavy (non-hydrogen) atoms. The van der Waals surface area contributed by atoms with E-state index < -0.39 is 34.1 Å². The van der Waals surface area contributed by atoms with E-state index in [2.05, 4.69) is 5.32 Å². The molecule has 3 aromatic rings. The van der Waals surface area contributed by atoms with Crippen LogP contribution in [0.1, 0.15) is 38.8 Å². The molecule has 0 radical (unpaired) electrons. The standard InChI is InChI=1S/C29H34ClN3O4S/c1-21-13-9-12-18-26(21)33(38(36,37)24-15-7-6-8-16-24)20-27(34)32(19-23-14-10-11-17-25(23)30)22(2)28(35)31-29(3,4)5/h6-18,22H,19-20H2,1-5H3,(H,31,35). The van der Waals surface area contributed by atoms with Crippen LogP contribution >= 0.6 is 11.6 Å². The lowest BCUT2D eigenvalue weighted by molar-refractivity contribution is -0.140. The highest BCUT2D eigenvalue weighted by Gasteiger charge is 2.34. The van der Waals surface area contributed by atoms with Crippen molar-refractivity contribution in [3.8, 4) is 0 Å². The Bertz CT molecular complexity index is 1390. The zero-order chi connectivity index (χ0) is 28.1. The van der Waals surface area contributed by atoms with Gasteiger partial charge in [0.2, 0.25) is 11.8 Å². The van der Waals surface area contributed by atoms with Crippen LogP contribution in [0.4, 0.5) is 5.69 Å². The number of hydrogen-bond acceptors (Lipinski definition) is 4. The van der Waals surface area contributed by atoms with Crippen molar-refractivity contribution in [1.29, 1.82) is 0 Å². The summed E-state index contributed by atoms with van der Waals surface area (Å²) in [5.41, 5.74) is 1.20. The quantitative estimate of drug-likeness (QED) is 0.394. The van der Waals surface area contributed by atoms with E-state index in [0.29, 0.717) is 21.8 Å². The van der Waals surface area contributed by atoms with Gasteiger partial charge >= 0.3 is 0 Å². The largest absolute Gasteiger partial charge is 0.350 e. The minimum absolute atomic E-state index is 0.0320. The van der Waals surface area contributed by atoms with Crippen molar-refractivity contribution in [3.05, 3.63) is 95.0 Å². The van der Waals surface area contributed by atoms with Crippen LogP contribution in [0.2, 0.25) is 5.02 Å². The first-order valence-electron chi connectivity index (χ1n) is 12.3. The molecule has 0 bridgehead atoms. The number of rotatable bonds is 9. The van der Waals surface area contributed by atoms with Gasteiger partial charge in [-0.3, -0.25) is 13.9 Å². The fourth-order valence-electron chi connectivity index (χ4n) is 3.94. The number of carbonyl (C=O) groups is 2. The Hall–Kier alpha value is -3.36. The van der Waals surface area contributed by atoms with E-state index in [4.69, 9.17) is 11.6 Å². The zero-order valence-corrected chi connectivity index (χ0v) is 23.9. The second-order valence-corrected chi connectivity index (χ2v) is 12.4. The van der Waals surface area contributed by atoms with E-state index in [0.717, 1.165) is 4.31 Å². The molecule has 2 amide bonds. The number of amides is 2. The molecule has 0 aromatic heterocycles. The third-order valence-corrected chi connectivity index (χ3v) is 8.10. The van der Waals surface area contributed by atoms with Gasteiger partial charge < -0.3 is 10.2 Å². The summed E-state index contributed by atoms with van der Waals surface area (Å²) in [5.74, 6) is -0.893. The Balaban J connectivity index is 2.05. The normalized spacial score (nSPS) is 12.5. The second-order valence-electron chi connectivity index (χ2n) is 10.1. The SMILES string of the molecule is Cc1ccccc1N(CC(=O)N(Cc1ccccc1Cl)C(C)C(=O)NC(C)(C)C)S(=O)(=O)c1ccccc1. The Kier molecular flexibility index (Phi) is 9.22. The fourth-order valence-corrected chi connectivity index (χ4v) is 5.64. The Labute approximate surface area is 230 Å². The van der Waals surface area contributed by atoms with Crippen LogP contribution in [-0.2, 0) is 26.2 Å². The fraction of sp³-hybridized carbons (Fsp3) is 0.310. The molecule has 7 nitrogen and oxygen atoms in total. The third kappa shape index (κ3) is 7.14. The highest BCUT2D eigenvalue weighted by atomic mass is 35.5. The molecule has 3 aromatic carbocycles. The Morgan fingerprint density at radius 2 is 1.50 bits per heavy atom. The zero-order valence-electron chi connectivity index (χ0n) is 22.3. The van der Waals surface area contributed by atoms with E-state index in [1.165, 1.54) is 17.0 Å². The molecule has 0 aliphatic heterocycles. The lowest BCUT2D eigenvalue weighted by Gasteiger charge is -2.34. The predicted molar refractivity (Wildman–Crippen MR) is 152 cm³/mol. The molecule has 0 heterocycles. The molecule has 0 saturated heterocycles. The van der Waals surface area contributed by atoms with E-state index in [-0.39, 0.29) is 17.3 Å². The number of nitrogens with one attached hydrogen (secondary N) is 1. The summed E-state index contributed by atoms with van der Waals surface area (Å²) in [5, 5.41) is 3.35. The number of aryl methyl sites for hydroxylation is 1. The van der Waals surface area contributed by atoms with E-state index >= 15 is 0 Å². The molecular weight excluding hydrogens is 522 g/mol. The van der Waals surface area contributed by atoms with Crippen molar-refractivity contribution < 1.29 is 18.0 Å². The maximum atomic E-state index is 13.9. The number of benzene rings is 3. The van der Waals surface area contributed by atoms with E-state index in [1.807, 2.05) is 20.8 Å². The van der Waals surface area contributed by atoms with Gasteiger partial charge in [0, 0.05) is 17.1 Å². The van der Waals surface area contributed by atoms with Gasteiger partial charge in [0.15, 0.2) is 0 Å². The first kappa shape index (κ1) is 29.2. The Morgan fingerprint density at radius 1 is 0.921 bits per heavy atom. The van der Waals surface area contributed by atoms with Crippen LogP contribution in [0, 0.1) is 6.92 Å². The molecule has 0 spiro atoms. The van der Waals surface area contributed by atoms with Crippen molar-refractivity contribution in [2.24, 2.45) is 0 Å². The molecule has 9 heteroatoms. The first-order valence-corrected chi connectivity index (χ1v) is 14.1. The number of halogens is 1. The number of para-hydroxylation sites is 1. The summed E-state index contributed by atoms with van der Waals surface area (Å²) in [7, 11) is -4.10. The number of nitrogens with zero attached hydrogens (tertiary/aromatic N) is 2. The molecule has 1 N–H and O–H groups in total. The molecule has 0 aliphatic carbocycles. The average molecular weight is 556 g/mol. The maximum Gasteiger partial charge on any atom is 0.264 e. The lowest BCUT2D eigenvalue weighted by atomic mass is 10.1. The number of anilines is 1. The Morgan fingerprint density at radius 3 is 2.11 bits per heavy atom. The van der Waals surface area contributed by atoms with Crippen LogP contribution in [0.5, 0.6) is 0 Å². The van der Waals surface area contributed by atoms with Crippen LogP contribution in [0.15, 0.2) is 83.8 Å². The van der Waals surface area contributed by atoms with E-state index in [9.17, 15) is 18.0 Å². The smallest absolute Gasteiger partial charge is 0.264 e. The molecular formula is C29H34ClN3O4S. The van der Waals surface area contributed by atoms with Crippen LogP contribution in [-0.4, -0.2) is 43.3 Å². The maximum absolute atomic E-state index is 13.9. The van der Waals surface area contributed by atoms with Crippen LogP contribution < -0.4 is 9.62 Å².